The summed E-state index contributed by atoms with van der Waals surface area (Å²) in [6.07, 6.45) is 7.56. The van der Waals surface area contributed by atoms with Crippen LogP contribution in [0.15, 0.2) is 206 Å². The molecule has 0 atom stereocenters. The number of fused-ring (bicyclic) bond motifs is 3. The van der Waals surface area contributed by atoms with Crippen molar-refractivity contribution in [2.24, 2.45) is 0 Å². The normalized spacial score (nSPS) is 13.2. The molecule has 0 N–H and O–H groups in total. The van der Waals surface area contributed by atoms with Gasteiger partial charge in [-0.25, -0.2) is 0 Å². The van der Waals surface area contributed by atoms with E-state index in [1.54, 1.807) is 0 Å². The van der Waals surface area contributed by atoms with E-state index in [0.29, 0.717) is 5.92 Å². The van der Waals surface area contributed by atoms with Crippen LogP contribution in [0.5, 0.6) is 0 Å². The molecule has 1 fully saturated rings. The average molecular weight is 750 g/mol. The van der Waals surface area contributed by atoms with Gasteiger partial charge in [-0.2, -0.15) is 0 Å². The molecule has 0 amide bonds. The van der Waals surface area contributed by atoms with Crippen LogP contribution >= 0.6 is 0 Å². The Balaban J connectivity index is 0.963. The highest BCUT2D eigenvalue weighted by Crippen LogP contribution is 2.44. The Morgan fingerprint density at radius 1 is 0.397 bits per heavy atom. The summed E-state index contributed by atoms with van der Waals surface area (Å²) < 4.78 is 2.42. The van der Waals surface area contributed by atoms with Crippen molar-refractivity contribution >= 4 is 55.9 Å². The van der Waals surface area contributed by atoms with Gasteiger partial charge < -0.3 is 14.4 Å². The monoisotopic (exact) mass is 749 g/mol. The molecule has 0 saturated heterocycles. The molecular formula is C55H47N3. The highest BCUT2D eigenvalue weighted by molar-refractivity contribution is 6.14. The Kier molecular flexibility index (Phi) is 9.78. The molecule has 10 rings (SSSR count). The van der Waals surface area contributed by atoms with Crippen molar-refractivity contribution in [3.63, 3.8) is 0 Å². The Hall–Kier alpha value is -6.84. The summed E-state index contributed by atoms with van der Waals surface area (Å²) in [4.78, 5) is 4.78. The molecule has 0 unspecified atom stereocenters. The minimum Gasteiger partial charge on any atom is -0.311 e. The molecule has 1 aromatic heterocycles. The van der Waals surface area contributed by atoms with Crippen LogP contribution in [0.4, 0.5) is 34.1 Å². The Morgan fingerprint density at radius 3 is 1.50 bits per heavy atom. The second-order valence-corrected chi connectivity index (χ2v) is 15.6. The van der Waals surface area contributed by atoms with Crippen LogP contribution in [0.2, 0.25) is 0 Å². The number of rotatable bonds is 10. The van der Waals surface area contributed by atoms with Gasteiger partial charge in [-0.3, -0.25) is 0 Å². The molecule has 1 saturated carbocycles. The molecule has 1 aliphatic carbocycles. The maximum atomic E-state index is 2.42. The Labute approximate surface area is 342 Å². The summed E-state index contributed by atoms with van der Waals surface area (Å²) >= 11 is 0. The molecule has 0 bridgehead atoms. The summed E-state index contributed by atoms with van der Waals surface area (Å²) in [6.45, 7) is 0. The molecule has 0 radical (unpaired) electrons. The van der Waals surface area contributed by atoms with Crippen LogP contribution in [0, 0.1) is 0 Å². The van der Waals surface area contributed by atoms with E-state index in [9.17, 15) is 0 Å². The summed E-state index contributed by atoms with van der Waals surface area (Å²) in [5.74, 6) is 0.699. The van der Waals surface area contributed by atoms with Crippen molar-refractivity contribution in [1.29, 1.82) is 0 Å². The van der Waals surface area contributed by atoms with Gasteiger partial charge in [0.25, 0.3) is 0 Å². The fourth-order valence-electron chi connectivity index (χ4n) is 9.15. The largest absolute Gasteiger partial charge is 0.311 e. The lowest BCUT2D eigenvalue weighted by Gasteiger charge is -2.27. The highest BCUT2D eigenvalue weighted by atomic mass is 15.2. The average Bonchev–Trinajstić information content (AvgIpc) is 3.64. The number of hydrogen-bond acceptors (Lipinski definition) is 2. The molecule has 1 heterocycles. The van der Waals surface area contributed by atoms with Gasteiger partial charge in [0.15, 0.2) is 0 Å². The third kappa shape index (κ3) is 6.94. The fourth-order valence-corrected chi connectivity index (χ4v) is 9.15. The number of nitrogens with zero attached hydrogens (tertiary/aromatic N) is 3. The van der Waals surface area contributed by atoms with Crippen LogP contribution < -0.4 is 9.80 Å². The van der Waals surface area contributed by atoms with Crippen molar-refractivity contribution in [2.75, 3.05) is 9.80 Å². The molecule has 0 spiro atoms. The number of aromatic nitrogens is 1. The number of anilines is 6. The van der Waals surface area contributed by atoms with Gasteiger partial charge in [0.1, 0.15) is 0 Å². The lowest BCUT2D eigenvalue weighted by Crippen LogP contribution is -2.11. The van der Waals surface area contributed by atoms with Crippen molar-refractivity contribution in [3.8, 4) is 5.69 Å². The van der Waals surface area contributed by atoms with E-state index in [4.69, 9.17) is 0 Å². The van der Waals surface area contributed by atoms with E-state index in [1.165, 1.54) is 82.0 Å². The molecule has 0 aliphatic heterocycles. The third-order valence-corrected chi connectivity index (χ3v) is 12.0. The van der Waals surface area contributed by atoms with Gasteiger partial charge >= 0.3 is 0 Å². The second-order valence-electron chi connectivity index (χ2n) is 15.6. The Bertz CT molecular complexity index is 2750. The van der Waals surface area contributed by atoms with E-state index < -0.39 is 0 Å². The van der Waals surface area contributed by atoms with Crippen LogP contribution in [0.1, 0.15) is 54.7 Å². The zero-order valence-electron chi connectivity index (χ0n) is 32.8. The lowest BCUT2D eigenvalue weighted by molar-refractivity contribution is 0.443. The predicted molar refractivity (Wildman–Crippen MR) is 245 cm³/mol. The topological polar surface area (TPSA) is 11.4 Å². The van der Waals surface area contributed by atoms with Gasteiger partial charge in [-0.1, -0.05) is 141 Å². The van der Waals surface area contributed by atoms with Crippen molar-refractivity contribution in [1.82, 2.24) is 4.57 Å². The van der Waals surface area contributed by atoms with Crippen LogP contribution in [0.3, 0.4) is 0 Å². The van der Waals surface area contributed by atoms with E-state index in [0.717, 1.165) is 34.9 Å². The zero-order valence-corrected chi connectivity index (χ0v) is 32.8. The van der Waals surface area contributed by atoms with E-state index in [1.807, 2.05) is 0 Å². The molecule has 3 heteroatoms. The summed E-state index contributed by atoms with van der Waals surface area (Å²) in [5.41, 5.74) is 14.5. The molecule has 1 aliphatic rings. The summed E-state index contributed by atoms with van der Waals surface area (Å²) in [5, 5.41) is 2.48. The van der Waals surface area contributed by atoms with Crippen molar-refractivity contribution < 1.29 is 0 Å². The van der Waals surface area contributed by atoms with Gasteiger partial charge in [-0.15, -0.1) is 0 Å². The van der Waals surface area contributed by atoms with Crippen LogP contribution in [-0.4, -0.2) is 4.57 Å². The smallest absolute Gasteiger partial charge is 0.0782 e. The SMILES string of the molecule is c1ccc(N(c2ccc(Cc3ccc(N(c4ccccc4)c4cccc5c6ccccc6n(-c6ccccc6)c45)cc3)cc2)c2ccc(C3CCCCC3)cc2)cc1. The van der Waals surface area contributed by atoms with E-state index >= 15 is 0 Å². The maximum Gasteiger partial charge on any atom is 0.0782 e. The van der Waals surface area contributed by atoms with Gasteiger partial charge in [0.05, 0.1) is 16.7 Å². The van der Waals surface area contributed by atoms with Gasteiger partial charge in [0, 0.05) is 44.9 Å². The Morgan fingerprint density at radius 2 is 0.879 bits per heavy atom. The third-order valence-electron chi connectivity index (χ3n) is 12.0. The standard InChI is InChI=1S/C55H47N3/c1-5-16-43(17-6-1)44-32-38-49(39-33-44)56(45-18-7-2-8-19-45)48-34-28-41(29-35-48)40-42-30-36-50(37-31-42)57(46-20-9-3-10-21-46)54-27-15-25-52-51-24-13-14-26-53(51)58(55(52)54)47-22-11-4-12-23-47/h2-4,7-15,18-39,43H,1,5-6,16-17,40H2. The first-order valence-corrected chi connectivity index (χ1v) is 20.8. The molecular weight excluding hydrogens is 703 g/mol. The zero-order chi connectivity index (χ0) is 38.7. The first kappa shape index (κ1) is 35.6. The minimum atomic E-state index is 0.699. The number of benzene rings is 8. The van der Waals surface area contributed by atoms with Crippen LogP contribution in [0.25, 0.3) is 27.5 Å². The van der Waals surface area contributed by atoms with Crippen molar-refractivity contribution in [2.45, 2.75) is 44.4 Å². The maximum absolute atomic E-state index is 2.42. The highest BCUT2D eigenvalue weighted by Gasteiger charge is 2.22. The minimum absolute atomic E-state index is 0.699. The van der Waals surface area contributed by atoms with Crippen LogP contribution in [-0.2, 0) is 6.42 Å². The quantitative estimate of drug-likeness (QED) is 0.138. The predicted octanol–water partition coefficient (Wildman–Crippen LogP) is 15.4. The van der Waals surface area contributed by atoms with Gasteiger partial charge in [-0.05, 0) is 127 Å². The molecule has 9 aromatic rings. The number of hydrogen-bond donors (Lipinski definition) is 0. The van der Waals surface area contributed by atoms with E-state index in [-0.39, 0.29) is 0 Å². The summed E-state index contributed by atoms with van der Waals surface area (Å²) in [7, 11) is 0. The van der Waals surface area contributed by atoms with Gasteiger partial charge in [0.2, 0.25) is 0 Å². The molecule has 58 heavy (non-hydrogen) atoms. The second kappa shape index (κ2) is 16.0. The number of para-hydroxylation sites is 5. The molecule has 3 nitrogen and oxygen atoms in total. The lowest BCUT2D eigenvalue weighted by atomic mass is 9.84. The first-order chi connectivity index (χ1) is 28.8. The molecule has 282 valence electrons. The first-order valence-electron chi connectivity index (χ1n) is 20.8. The fraction of sp³-hybridized carbons (Fsp3) is 0.127. The van der Waals surface area contributed by atoms with E-state index in [2.05, 4.69) is 221 Å². The summed E-state index contributed by atoms with van der Waals surface area (Å²) in [6, 6.07) is 75.2. The van der Waals surface area contributed by atoms with Crippen molar-refractivity contribution in [3.05, 3.63) is 223 Å². The molecule has 8 aromatic carbocycles.